The highest BCUT2D eigenvalue weighted by Gasteiger charge is 2.30. The highest BCUT2D eigenvalue weighted by Crippen LogP contribution is 2.32. The summed E-state index contributed by atoms with van der Waals surface area (Å²) < 4.78 is 14.0. The van der Waals surface area contributed by atoms with E-state index in [1.54, 1.807) is 12.3 Å². The van der Waals surface area contributed by atoms with Crippen LogP contribution >= 0.6 is 0 Å². The number of nitrogens with zero attached hydrogens (tertiary/aromatic N) is 2. The van der Waals surface area contributed by atoms with Crippen molar-refractivity contribution in [3.8, 4) is 0 Å². The first kappa shape index (κ1) is 21.0. The predicted octanol–water partition coefficient (Wildman–Crippen LogP) is 4.87. The van der Waals surface area contributed by atoms with Gasteiger partial charge in [-0.2, -0.15) is 0 Å². The number of amides is 1. The number of pyridine rings is 1. The van der Waals surface area contributed by atoms with Crippen LogP contribution in [0.1, 0.15) is 62.2 Å². The molecule has 1 saturated carbocycles. The monoisotopic (exact) mass is 409 g/mol. The topological polar surface area (TPSA) is 45.2 Å². The molecule has 1 N–H and O–H groups in total. The molecule has 160 valence electrons. The third-order valence-electron chi connectivity index (χ3n) is 6.73. The Labute approximate surface area is 178 Å². The fourth-order valence-corrected chi connectivity index (χ4v) is 5.01. The first-order valence-electron chi connectivity index (χ1n) is 11.3. The van der Waals surface area contributed by atoms with Crippen molar-refractivity contribution in [1.29, 1.82) is 0 Å². The molecule has 4 nitrogen and oxygen atoms in total. The van der Waals surface area contributed by atoms with E-state index in [0.29, 0.717) is 24.8 Å². The average molecular weight is 410 g/mol. The first-order valence-corrected chi connectivity index (χ1v) is 11.3. The molecule has 5 heteroatoms. The number of rotatable bonds is 7. The number of halogens is 1. The van der Waals surface area contributed by atoms with E-state index in [1.165, 1.54) is 31.7 Å². The number of aromatic nitrogens is 1. The van der Waals surface area contributed by atoms with E-state index in [1.807, 2.05) is 30.3 Å². The highest BCUT2D eigenvalue weighted by atomic mass is 19.1. The molecule has 1 aromatic carbocycles. The van der Waals surface area contributed by atoms with Crippen molar-refractivity contribution in [1.82, 2.24) is 15.2 Å². The van der Waals surface area contributed by atoms with E-state index in [9.17, 15) is 9.18 Å². The van der Waals surface area contributed by atoms with Crippen molar-refractivity contribution in [3.05, 3.63) is 65.7 Å². The van der Waals surface area contributed by atoms with Crippen molar-refractivity contribution < 1.29 is 9.18 Å². The average Bonchev–Trinajstić information content (AvgIpc) is 3.28. The third kappa shape index (κ3) is 5.45. The van der Waals surface area contributed by atoms with Crippen molar-refractivity contribution in [2.24, 2.45) is 11.8 Å². The van der Waals surface area contributed by atoms with Crippen molar-refractivity contribution >= 4 is 5.91 Å². The van der Waals surface area contributed by atoms with Crippen LogP contribution in [-0.2, 0) is 11.3 Å². The Kier molecular flexibility index (Phi) is 7.11. The van der Waals surface area contributed by atoms with Crippen LogP contribution in [-0.4, -0.2) is 28.9 Å². The normalized spacial score (nSPS) is 19.6. The van der Waals surface area contributed by atoms with Crippen molar-refractivity contribution in [2.45, 2.75) is 57.5 Å². The lowest BCUT2D eigenvalue weighted by molar-refractivity contribution is -0.123. The van der Waals surface area contributed by atoms with E-state index < -0.39 is 0 Å². The lowest BCUT2D eigenvalue weighted by Crippen LogP contribution is -2.41. The van der Waals surface area contributed by atoms with Gasteiger partial charge in [-0.15, -0.1) is 0 Å². The minimum absolute atomic E-state index is 0.0456. The predicted molar refractivity (Wildman–Crippen MR) is 116 cm³/mol. The minimum atomic E-state index is -0.134. The third-order valence-corrected chi connectivity index (χ3v) is 6.73. The summed E-state index contributed by atoms with van der Waals surface area (Å²) in [5.74, 6) is 0.915. The summed E-state index contributed by atoms with van der Waals surface area (Å²) in [7, 11) is 0. The second-order valence-corrected chi connectivity index (χ2v) is 8.86. The molecule has 0 spiro atoms. The number of nitrogens with one attached hydrogen (secondary N) is 1. The zero-order valence-electron chi connectivity index (χ0n) is 17.6. The van der Waals surface area contributed by atoms with Gasteiger partial charge in [0.1, 0.15) is 5.82 Å². The number of carbonyl (C=O) groups excluding carboxylic acids is 1. The fourth-order valence-electron chi connectivity index (χ4n) is 5.01. The maximum atomic E-state index is 14.0. The van der Waals surface area contributed by atoms with E-state index in [2.05, 4.69) is 15.2 Å². The maximum Gasteiger partial charge on any atom is 0.220 e. The maximum absolute atomic E-state index is 14.0. The van der Waals surface area contributed by atoms with Gasteiger partial charge < -0.3 is 5.32 Å². The summed E-state index contributed by atoms with van der Waals surface area (Å²) >= 11 is 0. The second kappa shape index (κ2) is 10.2. The summed E-state index contributed by atoms with van der Waals surface area (Å²) in [6.45, 7) is 2.45. The van der Waals surface area contributed by atoms with Crippen LogP contribution < -0.4 is 5.32 Å². The Morgan fingerprint density at radius 1 is 1.07 bits per heavy atom. The van der Waals surface area contributed by atoms with Crippen molar-refractivity contribution in [3.63, 3.8) is 0 Å². The molecule has 1 aromatic heterocycles. The molecule has 1 atom stereocenters. The lowest BCUT2D eigenvalue weighted by Gasteiger charge is -2.36. The van der Waals surface area contributed by atoms with Crippen LogP contribution in [0, 0.1) is 17.7 Å². The van der Waals surface area contributed by atoms with E-state index in [-0.39, 0.29) is 17.8 Å². The molecule has 1 saturated heterocycles. The van der Waals surface area contributed by atoms with Crippen LogP contribution in [0.2, 0.25) is 0 Å². The quantitative estimate of drug-likeness (QED) is 0.710. The number of hydrogen-bond donors (Lipinski definition) is 1. The lowest BCUT2D eigenvalue weighted by atomic mass is 9.86. The highest BCUT2D eigenvalue weighted by molar-refractivity contribution is 5.76. The molecule has 1 aliphatic heterocycles. The van der Waals surface area contributed by atoms with E-state index in [0.717, 1.165) is 37.2 Å². The summed E-state index contributed by atoms with van der Waals surface area (Å²) in [5, 5.41) is 3.32. The molecule has 2 heterocycles. The van der Waals surface area contributed by atoms with Gasteiger partial charge >= 0.3 is 0 Å². The van der Waals surface area contributed by atoms with Gasteiger partial charge in [-0.1, -0.05) is 37.1 Å². The molecule has 30 heavy (non-hydrogen) atoms. The Balaban J connectivity index is 1.38. The largest absolute Gasteiger partial charge is 0.347 e. The van der Waals surface area contributed by atoms with Gasteiger partial charge in [0.2, 0.25) is 5.91 Å². The van der Waals surface area contributed by atoms with E-state index >= 15 is 0 Å². The summed E-state index contributed by atoms with van der Waals surface area (Å²) in [6.07, 6.45) is 9.24. The van der Waals surface area contributed by atoms with Crippen LogP contribution in [0.25, 0.3) is 0 Å². The van der Waals surface area contributed by atoms with Gasteiger partial charge in [-0.05, 0) is 68.8 Å². The van der Waals surface area contributed by atoms with Crippen molar-refractivity contribution in [2.75, 3.05) is 13.1 Å². The number of piperidine rings is 1. The Hall–Kier alpha value is -2.27. The summed E-state index contributed by atoms with van der Waals surface area (Å²) in [4.78, 5) is 19.6. The molecular weight excluding hydrogens is 377 g/mol. The minimum Gasteiger partial charge on any atom is -0.347 e. The van der Waals surface area contributed by atoms with Crippen LogP contribution in [0.5, 0.6) is 0 Å². The number of hydrogen-bond acceptors (Lipinski definition) is 3. The number of benzene rings is 1. The van der Waals surface area contributed by atoms with Gasteiger partial charge in [0.05, 0.1) is 11.7 Å². The van der Waals surface area contributed by atoms with Crippen LogP contribution in [0.3, 0.4) is 0 Å². The molecule has 0 bridgehead atoms. The van der Waals surface area contributed by atoms with Gasteiger partial charge in [0.25, 0.3) is 0 Å². The first-order chi connectivity index (χ1) is 14.7. The Bertz CT molecular complexity index is 814. The summed E-state index contributed by atoms with van der Waals surface area (Å²) in [6, 6.07) is 12.9. The zero-order valence-corrected chi connectivity index (χ0v) is 17.6. The second-order valence-electron chi connectivity index (χ2n) is 8.86. The SMILES string of the molecule is O=C(CC1CCCC1)NC(c1ccccn1)C1CCN(Cc2ccccc2F)CC1. The smallest absolute Gasteiger partial charge is 0.220 e. The van der Waals surface area contributed by atoms with Crippen LogP contribution in [0.15, 0.2) is 48.7 Å². The number of likely N-dealkylation sites (tertiary alicyclic amines) is 1. The molecule has 0 radical (unpaired) electrons. The zero-order chi connectivity index (χ0) is 20.8. The molecule has 4 rings (SSSR count). The van der Waals surface area contributed by atoms with Gasteiger partial charge in [-0.25, -0.2) is 4.39 Å². The van der Waals surface area contributed by atoms with Gasteiger partial charge in [-0.3, -0.25) is 14.7 Å². The van der Waals surface area contributed by atoms with Crippen LogP contribution in [0.4, 0.5) is 4.39 Å². The summed E-state index contributed by atoms with van der Waals surface area (Å²) in [5.41, 5.74) is 1.70. The standard InChI is InChI=1S/C25H32FN3O/c26-22-10-4-3-9-21(22)18-29-15-12-20(13-16-29)25(23-11-5-6-14-27-23)28-24(30)17-19-7-1-2-8-19/h3-6,9-11,14,19-20,25H,1-2,7-8,12-13,15-18H2,(H,28,30). The molecule has 2 aromatic rings. The number of carbonyl (C=O) groups is 1. The fraction of sp³-hybridized carbons (Fsp3) is 0.520. The Morgan fingerprint density at radius 2 is 1.80 bits per heavy atom. The Morgan fingerprint density at radius 3 is 2.50 bits per heavy atom. The molecular formula is C25H32FN3O. The molecule has 1 amide bonds. The molecule has 1 aliphatic carbocycles. The molecule has 1 unspecified atom stereocenters. The molecule has 2 fully saturated rings. The van der Waals surface area contributed by atoms with Gasteiger partial charge in [0.15, 0.2) is 0 Å². The molecule has 2 aliphatic rings. The van der Waals surface area contributed by atoms with Gasteiger partial charge in [0, 0.05) is 24.7 Å². The van der Waals surface area contributed by atoms with E-state index in [4.69, 9.17) is 0 Å².